The van der Waals surface area contributed by atoms with Gasteiger partial charge in [0.25, 0.3) is 0 Å². The topological polar surface area (TPSA) is 29.5 Å². The largest absolute Gasteiger partial charge is 0.495 e. The first-order chi connectivity index (χ1) is 6.92. The van der Waals surface area contributed by atoms with Crippen molar-refractivity contribution in [2.45, 2.75) is 19.3 Å². The molecule has 0 atom stereocenters. The van der Waals surface area contributed by atoms with E-state index in [-0.39, 0.29) is 12.4 Å². The highest BCUT2D eigenvalue weighted by molar-refractivity contribution is 9.10. The standard InChI is InChI=1S/C11H14BrFO2/c1-11(2,6-14)8-4-7(13)5-9(12)10(8)15-3/h4-5,14H,6H2,1-3H3. The molecule has 0 saturated carbocycles. The third kappa shape index (κ3) is 2.49. The third-order valence-corrected chi connectivity index (χ3v) is 2.93. The van der Waals surface area contributed by atoms with Gasteiger partial charge in [-0.2, -0.15) is 0 Å². The predicted molar refractivity (Wildman–Crippen MR) is 60.8 cm³/mol. The Labute approximate surface area is 97.2 Å². The summed E-state index contributed by atoms with van der Waals surface area (Å²) >= 11 is 3.23. The van der Waals surface area contributed by atoms with Crippen molar-refractivity contribution in [3.8, 4) is 5.75 Å². The molecule has 84 valence electrons. The summed E-state index contributed by atoms with van der Waals surface area (Å²) in [5.74, 6) is 0.217. The molecule has 4 heteroatoms. The molecular formula is C11H14BrFO2. The quantitative estimate of drug-likeness (QED) is 0.920. The van der Waals surface area contributed by atoms with Crippen LogP contribution in [0.15, 0.2) is 16.6 Å². The van der Waals surface area contributed by atoms with Crippen molar-refractivity contribution in [2.24, 2.45) is 0 Å². The fraction of sp³-hybridized carbons (Fsp3) is 0.455. The molecule has 0 radical (unpaired) electrons. The van der Waals surface area contributed by atoms with Gasteiger partial charge in [0.05, 0.1) is 18.2 Å². The lowest BCUT2D eigenvalue weighted by molar-refractivity contribution is 0.214. The summed E-state index contributed by atoms with van der Waals surface area (Å²) < 4.78 is 19.0. The summed E-state index contributed by atoms with van der Waals surface area (Å²) in [6.45, 7) is 3.59. The minimum atomic E-state index is -0.532. The number of aliphatic hydroxyl groups excluding tert-OH is 1. The molecule has 0 aliphatic rings. The van der Waals surface area contributed by atoms with Crippen LogP contribution in [0.3, 0.4) is 0 Å². The molecule has 0 spiro atoms. The van der Waals surface area contributed by atoms with Gasteiger partial charge in [-0.3, -0.25) is 0 Å². The van der Waals surface area contributed by atoms with Gasteiger partial charge in [0, 0.05) is 11.0 Å². The fourth-order valence-electron chi connectivity index (χ4n) is 1.36. The molecule has 0 aromatic heterocycles. The molecule has 2 nitrogen and oxygen atoms in total. The second kappa shape index (κ2) is 4.49. The minimum absolute atomic E-state index is 0.0702. The van der Waals surface area contributed by atoms with E-state index in [0.29, 0.717) is 15.8 Å². The monoisotopic (exact) mass is 276 g/mol. The minimum Gasteiger partial charge on any atom is -0.495 e. The van der Waals surface area contributed by atoms with Gasteiger partial charge in [-0.15, -0.1) is 0 Å². The van der Waals surface area contributed by atoms with Gasteiger partial charge < -0.3 is 9.84 Å². The van der Waals surface area contributed by atoms with E-state index in [1.807, 2.05) is 13.8 Å². The van der Waals surface area contributed by atoms with E-state index in [9.17, 15) is 9.50 Å². The molecule has 0 aliphatic heterocycles. The average molecular weight is 277 g/mol. The Morgan fingerprint density at radius 2 is 2.07 bits per heavy atom. The number of methoxy groups -OCH3 is 1. The van der Waals surface area contributed by atoms with Crippen molar-refractivity contribution in [1.29, 1.82) is 0 Å². The molecule has 0 unspecified atom stereocenters. The first-order valence-corrected chi connectivity index (χ1v) is 5.36. The number of hydrogen-bond donors (Lipinski definition) is 1. The van der Waals surface area contributed by atoms with E-state index in [4.69, 9.17) is 4.74 Å². The van der Waals surface area contributed by atoms with Gasteiger partial charge in [-0.1, -0.05) is 13.8 Å². The lowest BCUT2D eigenvalue weighted by atomic mass is 9.85. The first kappa shape index (κ1) is 12.5. The molecule has 1 N–H and O–H groups in total. The Morgan fingerprint density at radius 1 is 1.47 bits per heavy atom. The summed E-state index contributed by atoms with van der Waals surface area (Å²) in [6, 6.07) is 2.73. The third-order valence-electron chi connectivity index (χ3n) is 2.34. The van der Waals surface area contributed by atoms with Crippen LogP contribution in [-0.4, -0.2) is 18.8 Å². The molecular weight excluding hydrogens is 263 g/mol. The van der Waals surface area contributed by atoms with Crippen LogP contribution in [-0.2, 0) is 5.41 Å². The van der Waals surface area contributed by atoms with Crippen molar-refractivity contribution >= 4 is 15.9 Å². The van der Waals surface area contributed by atoms with Crippen molar-refractivity contribution in [3.63, 3.8) is 0 Å². The average Bonchev–Trinajstić information content (AvgIpc) is 2.16. The second-order valence-electron chi connectivity index (χ2n) is 4.01. The lowest BCUT2D eigenvalue weighted by Crippen LogP contribution is -2.23. The maximum atomic E-state index is 13.2. The van der Waals surface area contributed by atoms with Crippen LogP contribution in [0.2, 0.25) is 0 Å². The van der Waals surface area contributed by atoms with Crippen LogP contribution in [0.25, 0.3) is 0 Å². The Morgan fingerprint density at radius 3 is 2.53 bits per heavy atom. The summed E-state index contributed by atoms with van der Waals surface area (Å²) in [5, 5.41) is 9.26. The van der Waals surface area contributed by atoms with Gasteiger partial charge in [0.15, 0.2) is 0 Å². The Balaban J connectivity index is 3.39. The maximum Gasteiger partial charge on any atom is 0.137 e. The second-order valence-corrected chi connectivity index (χ2v) is 4.86. The Kier molecular flexibility index (Phi) is 3.73. The normalized spacial score (nSPS) is 11.6. The van der Waals surface area contributed by atoms with Gasteiger partial charge in [0.2, 0.25) is 0 Å². The van der Waals surface area contributed by atoms with Crippen LogP contribution < -0.4 is 4.74 Å². The van der Waals surface area contributed by atoms with Gasteiger partial charge in [-0.25, -0.2) is 4.39 Å². The van der Waals surface area contributed by atoms with E-state index < -0.39 is 5.41 Å². The molecule has 0 fully saturated rings. The zero-order chi connectivity index (χ0) is 11.6. The predicted octanol–water partition coefficient (Wildman–Crippen LogP) is 2.87. The zero-order valence-electron chi connectivity index (χ0n) is 8.97. The van der Waals surface area contributed by atoms with Crippen molar-refractivity contribution < 1.29 is 14.2 Å². The number of benzene rings is 1. The lowest BCUT2D eigenvalue weighted by Gasteiger charge is -2.25. The van der Waals surface area contributed by atoms with E-state index in [0.717, 1.165) is 0 Å². The van der Waals surface area contributed by atoms with Crippen molar-refractivity contribution in [1.82, 2.24) is 0 Å². The molecule has 0 aliphatic carbocycles. The fourth-order valence-corrected chi connectivity index (χ4v) is 1.95. The first-order valence-electron chi connectivity index (χ1n) is 4.56. The maximum absolute atomic E-state index is 13.2. The molecule has 0 bridgehead atoms. The number of aliphatic hydroxyl groups is 1. The van der Waals surface area contributed by atoms with E-state index in [1.54, 1.807) is 0 Å². The van der Waals surface area contributed by atoms with Crippen LogP contribution in [0, 0.1) is 5.82 Å². The zero-order valence-corrected chi connectivity index (χ0v) is 10.6. The smallest absolute Gasteiger partial charge is 0.137 e. The van der Waals surface area contributed by atoms with Gasteiger partial charge in [0.1, 0.15) is 11.6 Å². The number of ether oxygens (including phenoxy) is 1. The number of halogens is 2. The van der Waals surface area contributed by atoms with Gasteiger partial charge in [-0.05, 0) is 28.1 Å². The van der Waals surface area contributed by atoms with E-state index in [1.165, 1.54) is 19.2 Å². The van der Waals surface area contributed by atoms with Crippen LogP contribution in [0.1, 0.15) is 19.4 Å². The Bertz CT molecular complexity index is 364. The summed E-state index contributed by atoms with van der Waals surface area (Å²) in [4.78, 5) is 0. The number of hydrogen-bond acceptors (Lipinski definition) is 2. The molecule has 15 heavy (non-hydrogen) atoms. The van der Waals surface area contributed by atoms with Crippen molar-refractivity contribution in [2.75, 3.05) is 13.7 Å². The molecule has 0 saturated heterocycles. The highest BCUT2D eigenvalue weighted by Crippen LogP contribution is 2.37. The van der Waals surface area contributed by atoms with Crippen LogP contribution in [0.5, 0.6) is 5.75 Å². The van der Waals surface area contributed by atoms with Crippen LogP contribution >= 0.6 is 15.9 Å². The molecule has 0 amide bonds. The Hall–Kier alpha value is -0.610. The highest BCUT2D eigenvalue weighted by atomic mass is 79.9. The molecule has 1 aromatic carbocycles. The van der Waals surface area contributed by atoms with Crippen LogP contribution in [0.4, 0.5) is 4.39 Å². The summed E-state index contributed by atoms with van der Waals surface area (Å²) in [7, 11) is 1.52. The summed E-state index contributed by atoms with van der Waals surface area (Å²) in [5.41, 5.74) is 0.120. The van der Waals surface area contributed by atoms with E-state index >= 15 is 0 Å². The molecule has 1 rings (SSSR count). The van der Waals surface area contributed by atoms with Crippen molar-refractivity contribution in [3.05, 3.63) is 28.0 Å². The number of rotatable bonds is 3. The SMILES string of the molecule is COc1c(Br)cc(F)cc1C(C)(C)CO. The molecule has 0 heterocycles. The van der Waals surface area contributed by atoms with Gasteiger partial charge >= 0.3 is 0 Å². The highest BCUT2D eigenvalue weighted by Gasteiger charge is 2.25. The molecule has 1 aromatic rings. The van der Waals surface area contributed by atoms with E-state index in [2.05, 4.69) is 15.9 Å². The summed E-state index contributed by atoms with van der Waals surface area (Å²) in [6.07, 6.45) is 0.